The molecule has 0 aliphatic heterocycles. The maximum absolute atomic E-state index is 4.66. The zero-order valence-corrected chi connectivity index (χ0v) is 15.8. The van der Waals surface area contributed by atoms with Gasteiger partial charge in [0.2, 0.25) is 5.13 Å². The summed E-state index contributed by atoms with van der Waals surface area (Å²) in [5, 5.41) is 13.8. The quantitative estimate of drug-likeness (QED) is 0.450. The van der Waals surface area contributed by atoms with Crippen molar-refractivity contribution in [2.75, 3.05) is 11.9 Å². The average molecular weight is 385 g/mol. The van der Waals surface area contributed by atoms with Gasteiger partial charge in [-0.25, -0.2) is 4.98 Å². The van der Waals surface area contributed by atoms with Gasteiger partial charge in [0.05, 0.1) is 16.0 Å². The Hall–Kier alpha value is -1.96. The molecule has 0 bridgehead atoms. The topological polar surface area (TPSA) is 50.7 Å². The molecule has 0 fully saturated rings. The minimum atomic E-state index is 0.831. The number of benzene rings is 2. The van der Waals surface area contributed by atoms with E-state index in [1.165, 1.54) is 10.3 Å². The van der Waals surface area contributed by atoms with Gasteiger partial charge in [0.25, 0.3) is 0 Å². The van der Waals surface area contributed by atoms with Crippen molar-refractivity contribution in [1.29, 1.82) is 0 Å². The van der Waals surface area contributed by atoms with E-state index in [9.17, 15) is 0 Å². The second kappa shape index (κ2) is 7.95. The number of hydrogen-bond donors (Lipinski definition) is 1. The first-order valence-electron chi connectivity index (χ1n) is 7.95. The van der Waals surface area contributed by atoms with Crippen LogP contribution in [0, 0.1) is 0 Å². The average Bonchev–Trinajstić information content (AvgIpc) is 3.27. The van der Waals surface area contributed by atoms with Crippen molar-refractivity contribution >= 4 is 49.8 Å². The predicted octanol–water partition coefficient (Wildman–Crippen LogP) is 5.09. The second-order valence-electron chi connectivity index (χ2n) is 5.40. The van der Waals surface area contributed by atoms with Gasteiger partial charge in [0.15, 0.2) is 4.34 Å². The van der Waals surface area contributed by atoms with Gasteiger partial charge in [-0.3, -0.25) is 0 Å². The Morgan fingerprint density at radius 1 is 0.920 bits per heavy atom. The molecule has 1 N–H and O–H groups in total. The molecule has 0 radical (unpaired) electrons. The molecule has 0 unspecified atom stereocenters. The third-order valence-corrected chi connectivity index (χ3v) is 6.84. The lowest BCUT2D eigenvalue weighted by Crippen LogP contribution is -2.04. The number of nitrogens with zero attached hydrogens (tertiary/aromatic N) is 3. The molecule has 0 spiro atoms. The summed E-state index contributed by atoms with van der Waals surface area (Å²) in [5.41, 5.74) is 2.40. The predicted molar refractivity (Wildman–Crippen MR) is 108 cm³/mol. The minimum absolute atomic E-state index is 0.831. The van der Waals surface area contributed by atoms with Crippen LogP contribution in [-0.2, 0) is 12.2 Å². The van der Waals surface area contributed by atoms with Crippen LogP contribution in [0.1, 0.15) is 10.6 Å². The lowest BCUT2D eigenvalue weighted by molar-refractivity contribution is 0.972. The number of para-hydroxylation sites is 1. The van der Waals surface area contributed by atoms with Crippen molar-refractivity contribution in [1.82, 2.24) is 15.2 Å². The second-order valence-corrected chi connectivity index (χ2v) is 8.71. The Bertz CT molecular complexity index is 916. The summed E-state index contributed by atoms with van der Waals surface area (Å²) in [6, 6.07) is 18.7. The number of rotatable bonds is 7. The molecule has 25 heavy (non-hydrogen) atoms. The standard InChI is InChI=1S/C18H16N4S3/c1-2-6-13(7-3-1)10-11-19-17-21-22-18(25-17)23-12-16-20-14-8-4-5-9-15(14)24-16/h1-9H,10-12H2,(H,19,21). The molecule has 4 nitrogen and oxygen atoms in total. The van der Waals surface area contributed by atoms with Crippen molar-refractivity contribution in [2.45, 2.75) is 16.5 Å². The molecule has 0 saturated heterocycles. The molecular weight excluding hydrogens is 368 g/mol. The molecule has 0 aliphatic carbocycles. The Kier molecular flexibility index (Phi) is 5.25. The molecule has 0 amide bonds. The maximum atomic E-state index is 4.66. The van der Waals surface area contributed by atoms with Gasteiger partial charge in [-0.15, -0.1) is 21.5 Å². The fraction of sp³-hybridized carbons (Fsp3) is 0.167. The Morgan fingerprint density at radius 3 is 2.64 bits per heavy atom. The van der Waals surface area contributed by atoms with Gasteiger partial charge >= 0.3 is 0 Å². The number of thioether (sulfide) groups is 1. The van der Waals surface area contributed by atoms with Gasteiger partial charge < -0.3 is 5.32 Å². The Labute approximate surface area is 158 Å². The van der Waals surface area contributed by atoms with E-state index in [2.05, 4.69) is 63.0 Å². The lowest BCUT2D eigenvalue weighted by atomic mass is 10.2. The SMILES string of the molecule is c1ccc(CCNc2nnc(SCc3nc4ccccc4s3)s2)cc1. The molecule has 0 saturated carbocycles. The van der Waals surface area contributed by atoms with Crippen LogP contribution in [0.2, 0.25) is 0 Å². The molecule has 2 aromatic carbocycles. The first-order valence-corrected chi connectivity index (χ1v) is 10.6. The van der Waals surface area contributed by atoms with E-state index in [0.29, 0.717) is 0 Å². The van der Waals surface area contributed by atoms with E-state index in [1.54, 1.807) is 34.4 Å². The highest BCUT2D eigenvalue weighted by atomic mass is 32.2. The first-order chi connectivity index (χ1) is 12.4. The third-order valence-electron chi connectivity index (χ3n) is 3.60. The summed E-state index contributed by atoms with van der Waals surface area (Å²) >= 11 is 5.04. The number of fused-ring (bicyclic) bond motifs is 1. The fourth-order valence-electron chi connectivity index (χ4n) is 2.40. The highest BCUT2D eigenvalue weighted by Gasteiger charge is 2.08. The normalized spacial score (nSPS) is 11.0. The summed E-state index contributed by atoms with van der Waals surface area (Å²) in [5.74, 6) is 0.831. The zero-order valence-electron chi connectivity index (χ0n) is 13.4. The Balaban J connectivity index is 1.29. The molecule has 2 aromatic heterocycles. The van der Waals surface area contributed by atoms with Gasteiger partial charge in [0, 0.05) is 6.54 Å². The van der Waals surface area contributed by atoms with Gasteiger partial charge in [-0.2, -0.15) is 0 Å². The maximum Gasteiger partial charge on any atom is 0.206 e. The van der Waals surface area contributed by atoms with Crippen LogP contribution >= 0.6 is 34.4 Å². The first kappa shape index (κ1) is 16.5. The highest BCUT2D eigenvalue weighted by molar-refractivity contribution is 8.00. The van der Waals surface area contributed by atoms with Crippen LogP contribution in [0.15, 0.2) is 58.9 Å². The minimum Gasteiger partial charge on any atom is -0.360 e. The summed E-state index contributed by atoms with van der Waals surface area (Å²) in [7, 11) is 0. The summed E-state index contributed by atoms with van der Waals surface area (Å²) in [6.07, 6.45) is 0.981. The number of aromatic nitrogens is 3. The van der Waals surface area contributed by atoms with E-state index in [4.69, 9.17) is 0 Å². The Morgan fingerprint density at radius 2 is 1.76 bits per heavy atom. The zero-order chi connectivity index (χ0) is 16.9. The summed E-state index contributed by atoms with van der Waals surface area (Å²) in [4.78, 5) is 4.66. The van der Waals surface area contributed by atoms with E-state index in [1.807, 2.05) is 12.1 Å². The monoisotopic (exact) mass is 384 g/mol. The van der Waals surface area contributed by atoms with Crippen LogP contribution in [0.5, 0.6) is 0 Å². The molecule has 0 aliphatic rings. The van der Waals surface area contributed by atoms with E-state index in [-0.39, 0.29) is 0 Å². The molecule has 7 heteroatoms. The van der Waals surface area contributed by atoms with Crippen molar-refractivity contribution in [3.05, 3.63) is 65.2 Å². The molecular formula is C18H16N4S3. The van der Waals surface area contributed by atoms with E-state index < -0.39 is 0 Å². The van der Waals surface area contributed by atoms with Gasteiger partial charge in [-0.1, -0.05) is 65.6 Å². The highest BCUT2D eigenvalue weighted by Crippen LogP contribution is 2.31. The fourth-order valence-corrected chi connectivity index (χ4v) is 5.14. The van der Waals surface area contributed by atoms with E-state index in [0.717, 1.165) is 38.7 Å². The largest absolute Gasteiger partial charge is 0.360 e. The van der Waals surface area contributed by atoms with Crippen LogP contribution in [0.4, 0.5) is 5.13 Å². The lowest BCUT2D eigenvalue weighted by Gasteiger charge is -2.01. The van der Waals surface area contributed by atoms with Crippen molar-refractivity contribution in [3.63, 3.8) is 0 Å². The van der Waals surface area contributed by atoms with Gasteiger partial charge in [-0.05, 0) is 24.1 Å². The number of nitrogens with one attached hydrogen (secondary N) is 1. The number of anilines is 1. The van der Waals surface area contributed by atoms with Crippen LogP contribution < -0.4 is 5.32 Å². The van der Waals surface area contributed by atoms with Crippen molar-refractivity contribution in [3.8, 4) is 0 Å². The molecule has 126 valence electrons. The van der Waals surface area contributed by atoms with Crippen molar-refractivity contribution < 1.29 is 0 Å². The molecule has 0 atom stereocenters. The van der Waals surface area contributed by atoms with Crippen LogP contribution in [0.25, 0.3) is 10.2 Å². The molecule has 4 aromatic rings. The van der Waals surface area contributed by atoms with E-state index >= 15 is 0 Å². The van der Waals surface area contributed by atoms with Crippen LogP contribution in [-0.4, -0.2) is 21.7 Å². The summed E-state index contributed by atoms with van der Waals surface area (Å²) < 4.78 is 2.21. The van der Waals surface area contributed by atoms with Crippen molar-refractivity contribution in [2.24, 2.45) is 0 Å². The van der Waals surface area contributed by atoms with Crippen LogP contribution in [0.3, 0.4) is 0 Å². The third kappa shape index (κ3) is 4.36. The number of thiazole rings is 1. The molecule has 4 rings (SSSR count). The number of hydrogen-bond acceptors (Lipinski definition) is 7. The molecule has 2 heterocycles. The summed E-state index contributed by atoms with van der Waals surface area (Å²) in [6.45, 7) is 0.862. The smallest absolute Gasteiger partial charge is 0.206 e. The van der Waals surface area contributed by atoms with Gasteiger partial charge in [0.1, 0.15) is 5.01 Å².